The van der Waals surface area contributed by atoms with Crippen LogP contribution in [0.25, 0.3) is 21.9 Å². The van der Waals surface area contributed by atoms with E-state index in [1.165, 1.54) is 0 Å². The highest BCUT2D eigenvalue weighted by atomic mass is 32.2. The molecule has 0 fully saturated rings. The number of thioether (sulfide) groups is 1. The molecule has 0 aliphatic rings. The van der Waals surface area contributed by atoms with Crippen LogP contribution < -0.4 is 15.6 Å². The highest BCUT2D eigenvalue weighted by Gasteiger charge is 2.20. The Labute approximate surface area is 206 Å². The van der Waals surface area contributed by atoms with Gasteiger partial charge in [0.25, 0.3) is 5.56 Å². The number of nitrogens with one attached hydrogen (secondary N) is 1. The summed E-state index contributed by atoms with van der Waals surface area (Å²) in [5, 5.41) is 4.00. The lowest BCUT2D eigenvalue weighted by Gasteiger charge is -2.12. The van der Waals surface area contributed by atoms with E-state index in [0.29, 0.717) is 34.2 Å². The molecule has 0 atom stereocenters. The summed E-state index contributed by atoms with van der Waals surface area (Å²) < 4.78 is 13.8. The molecule has 35 heavy (non-hydrogen) atoms. The predicted molar refractivity (Wildman–Crippen MR) is 136 cm³/mol. The summed E-state index contributed by atoms with van der Waals surface area (Å²) in [6.45, 7) is 4.22. The number of carbonyl (C=O) groups is 2. The second kappa shape index (κ2) is 10.2. The van der Waals surface area contributed by atoms with E-state index in [-0.39, 0.29) is 29.4 Å². The average molecular weight is 495 g/mol. The summed E-state index contributed by atoms with van der Waals surface area (Å²) in [4.78, 5) is 43.1. The Hall–Kier alpha value is -3.79. The molecule has 4 aromatic rings. The minimum absolute atomic E-state index is 0.00317. The maximum atomic E-state index is 13.3. The Morgan fingerprint density at radius 2 is 1.91 bits per heavy atom. The van der Waals surface area contributed by atoms with Crippen LogP contribution in [0.3, 0.4) is 0 Å². The van der Waals surface area contributed by atoms with Crippen LogP contribution in [0.2, 0.25) is 0 Å². The van der Waals surface area contributed by atoms with Crippen LogP contribution in [0.15, 0.2) is 52.4 Å². The van der Waals surface area contributed by atoms with Crippen LogP contribution in [0, 0.1) is 0 Å². The molecular weight excluding hydrogens is 468 g/mol. The molecule has 0 unspecified atom stereocenters. The number of hydrogen-bond donors (Lipinski definition) is 1. The third kappa shape index (κ3) is 4.61. The van der Waals surface area contributed by atoms with E-state index in [4.69, 9.17) is 14.5 Å². The van der Waals surface area contributed by atoms with Gasteiger partial charge in [-0.2, -0.15) is 0 Å². The van der Waals surface area contributed by atoms with Crippen LogP contribution in [-0.2, 0) is 23.1 Å². The molecule has 9 nitrogen and oxygen atoms in total. The van der Waals surface area contributed by atoms with Crippen molar-refractivity contribution in [2.24, 2.45) is 7.05 Å². The van der Waals surface area contributed by atoms with Gasteiger partial charge in [-0.05, 0) is 44.2 Å². The van der Waals surface area contributed by atoms with Crippen LogP contribution >= 0.6 is 11.8 Å². The van der Waals surface area contributed by atoms with E-state index in [1.807, 2.05) is 36.7 Å². The number of aryl methyl sites for hydroxylation is 1. The number of ether oxygens (including phenoxy) is 2. The molecule has 2 aromatic heterocycles. The zero-order valence-corrected chi connectivity index (χ0v) is 20.8. The summed E-state index contributed by atoms with van der Waals surface area (Å²) in [6.07, 6.45) is 0. The fourth-order valence-electron chi connectivity index (χ4n) is 3.94. The number of para-hydroxylation sites is 1. The van der Waals surface area contributed by atoms with E-state index in [0.717, 1.165) is 22.7 Å². The molecule has 182 valence electrons. The Bertz CT molecular complexity index is 1490. The number of benzene rings is 2. The summed E-state index contributed by atoms with van der Waals surface area (Å²) in [6, 6.07) is 12.3. The number of carbonyl (C=O) groups excluding carboxylic acids is 2. The molecule has 2 heterocycles. The zero-order valence-electron chi connectivity index (χ0n) is 20.0. The summed E-state index contributed by atoms with van der Waals surface area (Å²) in [5.41, 5.74) is 2.39. The molecule has 0 bridgehead atoms. The van der Waals surface area contributed by atoms with Crippen molar-refractivity contribution in [3.05, 3.63) is 58.4 Å². The largest absolute Gasteiger partial charge is 0.497 e. The maximum absolute atomic E-state index is 13.3. The normalized spacial score (nSPS) is 11.1. The number of methoxy groups -OCH3 is 1. The highest BCUT2D eigenvalue weighted by Crippen LogP contribution is 2.30. The molecule has 1 amide bonds. The third-order valence-corrected chi connectivity index (χ3v) is 6.59. The Morgan fingerprint density at radius 1 is 1.14 bits per heavy atom. The lowest BCUT2D eigenvalue weighted by molar-refractivity contribution is -0.113. The van der Waals surface area contributed by atoms with Gasteiger partial charge in [0, 0.05) is 19.0 Å². The van der Waals surface area contributed by atoms with Gasteiger partial charge in [-0.3, -0.25) is 14.2 Å². The van der Waals surface area contributed by atoms with Crippen molar-refractivity contribution in [3.63, 3.8) is 0 Å². The van der Waals surface area contributed by atoms with Crippen LogP contribution in [-0.4, -0.2) is 45.5 Å². The van der Waals surface area contributed by atoms with Crippen molar-refractivity contribution >= 4 is 51.3 Å². The van der Waals surface area contributed by atoms with Gasteiger partial charge in [-0.15, -0.1) is 0 Å². The number of anilines is 1. The molecule has 4 rings (SSSR count). The van der Waals surface area contributed by atoms with Crippen LogP contribution in [0.1, 0.15) is 24.2 Å². The van der Waals surface area contributed by atoms with Gasteiger partial charge in [0.1, 0.15) is 16.8 Å². The van der Waals surface area contributed by atoms with E-state index in [1.54, 1.807) is 42.9 Å². The van der Waals surface area contributed by atoms with E-state index >= 15 is 0 Å². The third-order valence-electron chi connectivity index (χ3n) is 5.61. The summed E-state index contributed by atoms with van der Waals surface area (Å²) in [5.74, 6) is -0.165. The average Bonchev–Trinajstić information content (AvgIpc) is 3.14. The van der Waals surface area contributed by atoms with Crippen LogP contribution in [0.4, 0.5) is 5.69 Å². The maximum Gasteiger partial charge on any atom is 0.340 e. The quantitative estimate of drug-likeness (QED) is 0.226. The lowest BCUT2D eigenvalue weighted by atomic mass is 10.2. The number of nitrogens with zero attached hydrogens (tertiary/aromatic N) is 3. The molecular formula is C25H26N4O5S. The number of amides is 1. The first-order valence-corrected chi connectivity index (χ1v) is 12.1. The van der Waals surface area contributed by atoms with E-state index in [9.17, 15) is 14.4 Å². The zero-order chi connectivity index (χ0) is 25.1. The van der Waals surface area contributed by atoms with Gasteiger partial charge in [0.2, 0.25) is 5.91 Å². The molecule has 2 aromatic carbocycles. The van der Waals surface area contributed by atoms with Gasteiger partial charge in [0.05, 0.1) is 36.2 Å². The van der Waals surface area contributed by atoms with Crippen molar-refractivity contribution in [2.75, 3.05) is 24.8 Å². The van der Waals surface area contributed by atoms with Crippen molar-refractivity contribution in [1.29, 1.82) is 0 Å². The fraction of sp³-hybridized carbons (Fsp3) is 0.280. The standard InChI is InChI=1S/C25H26N4O5S/c1-5-29-23(31)22-21(17-13-15(33-4)11-12-19(17)28(22)3)27-25(29)35-14-20(30)26-18-10-8-7-9-16(18)24(32)34-6-2/h7-13H,5-6,14H2,1-4H3,(H,26,30). The first-order chi connectivity index (χ1) is 16.9. The first-order valence-electron chi connectivity index (χ1n) is 11.1. The molecule has 0 saturated carbocycles. The topological polar surface area (TPSA) is 104 Å². The Morgan fingerprint density at radius 3 is 2.63 bits per heavy atom. The second-order valence-corrected chi connectivity index (χ2v) is 8.63. The van der Waals surface area contributed by atoms with Gasteiger partial charge in [-0.25, -0.2) is 9.78 Å². The minimum Gasteiger partial charge on any atom is -0.497 e. The van der Waals surface area contributed by atoms with Crippen molar-refractivity contribution < 1.29 is 19.1 Å². The molecule has 0 aliphatic heterocycles. The van der Waals surface area contributed by atoms with E-state index in [2.05, 4.69) is 5.32 Å². The number of esters is 1. The molecule has 0 radical (unpaired) electrons. The smallest absolute Gasteiger partial charge is 0.340 e. The molecule has 0 spiro atoms. The number of hydrogen-bond acceptors (Lipinski definition) is 7. The van der Waals surface area contributed by atoms with E-state index < -0.39 is 5.97 Å². The van der Waals surface area contributed by atoms with Crippen LogP contribution in [0.5, 0.6) is 5.75 Å². The lowest BCUT2D eigenvalue weighted by Crippen LogP contribution is -2.24. The Balaban J connectivity index is 1.65. The molecule has 0 saturated heterocycles. The van der Waals surface area contributed by atoms with Gasteiger partial charge >= 0.3 is 5.97 Å². The molecule has 10 heteroatoms. The van der Waals surface area contributed by atoms with Gasteiger partial charge < -0.3 is 19.4 Å². The van der Waals surface area contributed by atoms with Crippen molar-refractivity contribution in [2.45, 2.75) is 25.5 Å². The predicted octanol–water partition coefficient (Wildman–Crippen LogP) is 3.82. The fourth-order valence-corrected chi connectivity index (χ4v) is 4.80. The van der Waals surface area contributed by atoms with Gasteiger partial charge in [0.15, 0.2) is 5.16 Å². The first kappa shape index (κ1) is 24.3. The highest BCUT2D eigenvalue weighted by molar-refractivity contribution is 7.99. The minimum atomic E-state index is -0.505. The number of rotatable bonds is 8. The molecule has 0 aliphatic carbocycles. The van der Waals surface area contributed by atoms with Crippen molar-refractivity contribution in [3.8, 4) is 5.75 Å². The molecule has 1 N–H and O–H groups in total. The Kier molecular flexibility index (Phi) is 7.11. The number of aromatic nitrogens is 3. The monoisotopic (exact) mass is 494 g/mol. The number of fused-ring (bicyclic) bond motifs is 3. The van der Waals surface area contributed by atoms with Gasteiger partial charge in [-0.1, -0.05) is 23.9 Å². The summed E-state index contributed by atoms with van der Waals surface area (Å²) >= 11 is 1.16. The SMILES string of the molecule is CCOC(=O)c1ccccc1NC(=O)CSc1nc2c3cc(OC)ccc3n(C)c2c(=O)n1CC. The summed E-state index contributed by atoms with van der Waals surface area (Å²) in [7, 11) is 3.42. The van der Waals surface area contributed by atoms with Crippen molar-refractivity contribution in [1.82, 2.24) is 14.1 Å². The second-order valence-electron chi connectivity index (χ2n) is 7.69.